The molecule has 3 aliphatic carbocycles. The van der Waals surface area contributed by atoms with Crippen molar-refractivity contribution in [1.82, 2.24) is 9.58 Å². The van der Waals surface area contributed by atoms with Gasteiger partial charge in [0.2, 0.25) is 0 Å². The molecule has 3 aromatic carbocycles. The van der Waals surface area contributed by atoms with Gasteiger partial charge in [-0.25, -0.2) is 0 Å². The molecule has 35 heavy (non-hydrogen) atoms. The molecule has 1 aromatic heterocycles. The van der Waals surface area contributed by atoms with Crippen LogP contribution in [0.4, 0.5) is 0 Å². The first kappa shape index (κ1) is 20.4. The summed E-state index contributed by atoms with van der Waals surface area (Å²) < 4.78 is 2.22. The fourth-order valence-electron chi connectivity index (χ4n) is 6.41. The third-order valence-corrected chi connectivity index (χ3v) is 8.09. The molecule has 0 spiro atoms. The van der Waals surface area contributed by atoms with Crippen molar-refractivity contribution in [2.45, 2.75) is 19.4 Å². The van der Waals surface area contributed by atoms with Crippen LogP contribution >= 0.6 is 0 Å². The van der Waals surface area contributed by atoms with Gasteiger partial charge in [0, 0.05) is 29.2 Å². The van der Waals surface area contributed by atoms with E-state index in [2.05, 4.69) is 82.6 Å². The molecule has 1 saturated carbocycles. The van der Waals surface area contributed by atoms with E-state index in [1.165, 1.54) is 16.3 Å². The highest BCUT2D eigenvalue weighted by Gasteiger charge is 2.56. The quantitative estimate of drug-likeness (QED) is 0.234. The normalized spacial score (nSPS) is 25.4. The number of allylic oxidation sites excluding steroid dienone is 2. The van der Waals surface area contributed by atoms with Gasteiger partial charge in [-0.05, 0) is 47.1 Å². The van der Waals surface area contributed by atoms with Gasteiger partial charge in [0.05, 0.1) is 18.1 Å². The van der Waals surface area contributed by atoms with Crippen LogP contribution in [0.25, 0.3) is 21.7 Å². The molecule has 172 valence electrons. The minimum absolute atomic E-state index is 0.144. The summed E-state index contributed by atoms with van der Waals surface area (Å²) >= 11 is 0. The number of hydrogen-bond donors (Lipinski definition) is 0. The van der Waals surface area contributed by atoms with Gasteiger partial charge in [0.25, 0.3) is 11.8 Å². The molecule has 1 aliphatic heterocycles. The summed E-state index contributed by atoms with van der Waals surface area (Å²) in [4.78, 5) is 26.3. The van der Waals surface area contributed by atoms with Gasteiger partial charge >= 0.3 is 0 Å². The highest BCUT2D eigenvalue weighted by atomic mass is 16.2. The third-order valence-electron chi connectivity index (χ3n) is 8.09. The Hall–Kier alpha value is -3.99. The summed E-state index contributed by atoms with van der Waals surface area (Å²) in [6.07, 6.45) is 9.99. The van der Waals surface area contributed by atoms with Gasteiger partial charge in [-0.3, -0.25) is 9.59 Å². The average molecular weight is 460 g/mol. The topological polar surface area (TPSA) is 54.7 Å². The van der Waals surface area contributed by atoms with Crippen molar-refractivity contribution < 1.29 is 9.59 Å². The number of imide groups is 1. The van der Waals surface area contributed by atoms with E-state index < -0.39 is 0 Å². The Labute approximate surface area is 203 Å². The molecule has 5 nitrogen and oxygen atoms in total. The largest absolute Gasteiger partial charge is 0.342 e. The summed E-state index contributed by atoms with van der Waals surface area (Å²) in [7, 11) is 0. The van der Waals surface area contributed by atoms with Crippen LogP contribution in [0.15, 0.2) is 90.2 Å². The van der Waals surface area contributed by atoms with Gasteiger partial charge in [-0.1, -0.05) is 72.8 Å². The van der Waals surface area contributed by atoms with E-state index >= 15 is 0 Å². The van der Waals surface area contributed by atoms with Gasteiger partial charge in [-0.15, -0.1) is 0 Å². The number of carbonyl (C=O) groups is 2. The number of amides is 2. The van der Waals surface area contributed by atoms with E-state index in [4.69, 9.17) is 0 Å². The first-order valence-electron chi connectivity index (χ1n) is 12.3. The summed E-state index contributed by atoms with van der Waals surface area (Å²) in [5.74, 6) is -0.426. The SMILES string of the molecule is O=C1[C@H]2[C@H](C(=O)N1/N=C\c1cn(Cc3cccc4ccccc34)c3ccccc13)[C@@H]1C=C[C@@H]2CC1. The molecular weight excluding hydrogens is 434 g/mol. The zero-order chi connectivity index (χ0) is 23.5. The Bertz CT molecular complexity index is 1530. The highest BCUT2D eigenvalue weighted by molar-refractivity contribution is 6.07. The van der Waals surface area contributed by atoms with Gasteiger partial charge in [0.1, 0.15) is 0 Å². The number of para-hydroxylation sites is 1. The predicted molar refractivity (Wildman–Crippen MR) is 137 cm³/mol. The Morgan fingerprint density at radius 2 is 1.46 bits per heavy atom. The zero-order valence-corrected chi connectivity index (χ0v) is 19.2. The fourth-order valence-corrected chi connectivity index (χ4v) is 6.41. The zero-order valence-electron chi connectivity index (χ0n) is 19.2. The Morgan fingerprint density at radius 1 is 0.800 bits per heavy atom. The lowest BCUT2D eigenvalue weighted by atomic mass is 9.63. The van der Waals surface area contributed by atoms with Crippen molar-refractivity contribution in [3.05, 3.63) is 96.2 Å². The van der Waals surface area contributed by atoms with Crippen LogP contribution in [-0.4, -0.2) is 27.6 Å². The van der Waals surface area contributed by atoms with E-state index in [1.807, 2.05) is 12.1 Å². The van der Waals surface area contributed by atoms with E-state index in [1.54, 1.807) is 6.21 Å². The maximum atomic E-state index is 13.1. The van der Waals surface area contributed by atoms with Gasteiger partial charge in [0.15, 0.2) is 0 Å². The van der Waals surface area contributed by atoms with E-state index in [-0.39, 0.29) is 35.5 Å². The number of rotatable bonds is 4. The van der Waals surface area contributed by atoms with E-state index in [9.17, 15) is 9.59 Å². The lowest BCUT2D eigenvalue weighted by Gasteiger charge is -2.37. The van der Waals surface area contributed by atoms with Crippen LogP contribution in [0.3, 0.4) is 0 Å². The first-order chi connectivity index (χ1) is 17.2. The minimum Gasteiger partial charge on any atom is -0.342 e. The molecule has 2 amide bonds. The van der Waals surface area contributed by atoms with Gasteiger partial charge in [-0.2, -0.15) is 10.1 Å². The molecule has 0 N–H and O–H groups in total. The van der Waals surface area contributed by atoms with Crippen molar-refractivity contribution in [2.24, 2.45) is 28.8 Å². The lowest BCUT2D eigenvalue weighted by Crippen LogP contribution is -2.38. The molecule has 5 heteroatoms. The second-order valence-electron chi connectivity index (χ2n) is 9.94. The standard InChI is InChI=1S/C30H25N3O2/c34-29-27-20-12-13-21(15-14-20)28(27)30(35)33(29)31-16-23-18-32(26-11-4-3-10-25(23)26)17-22-8-5-7-19-6-1-2-9-24(19)22/h1-13,16,18,20-21,27-28H,14-15,17H2/b31-16-/t20-,21-,27-,28-/m1/s1. The number of aromatic nitrogens is 1. The maximum absolute atomic E-state index is 13.1. The monoisotopic (exact) mass is 459 g/mol. The number of hydrogen-bond acceptors (Lipinski definition) is 3. The predicted octanol–water partition coefficient (Wildman–Crippen LogP) is 5.37. The van der Waals surface area contributed by atoms with Gasteiger partial charge < -0.3 is 4.57 Å². The van der Waals surface area contributed by atoms with Crippen LogP contribution < -0.4 is 0 Å². The number of hydrazone groups is 1. The van der Waals surface area contributed by atoms with Crippen LogP contribution in [-0.2, 0) is 16.1 Å². The summed E-state index contributed by atoms with van der Waals surface area (Å²) in [6.45, 7) is 0.719. The van der Waals surface area contributed by atoms with Crippen LogP contribution in [0.1, 0.15) is 24.0 Å². The summed E-state index contributed by atoms with van der Waals surface area (Å²) in [5.41, 5.74) is 3.23. The molecule has 0 unspecified atom stereocenters. The molecule has 8 rings (SSSR count). The summed E-state index contributed by atoms with van der Waals surface area (Å²) in [5, 5.41) is 9.12. The van der Waals surface area contributed by atoms with Crippen LogP contribution in [0, 0.1) is 23.7 Å². The molecule has 4 atom stereocenters. The Kier molecular flexibility index (Phi) is 4.53. The van der Waals surface area contributed by atoms with Crippen molar-refractivity contribution >= 4 is 39.7 Å². The molecular formula is C30H25N3O2. The van der Waals surface area contributed by atoms with Crippen molar-refractivity contribution in [1.29, 1.82) is 0 Å². The number of benzene rings is 3. The first-order valence-corrected chi connectivity index (χ1v) is 12.3. The van der Waals surface area contributed by atoms with Crippen molar-refractivity contribution in [3.63, 3.8) is 0 Å². The number of fused-ring (bicyclic) bond motifs is 3. The second kappa shape index (κ2) is 7.77. The molecule has 4 aromatic rings. The molecule has 4 aliphatic rings. The molecule has 2 fully saturated rings. The smallest absolute Gasteiger partial charge is 0.254 e. The Morgan fingerprint density at radius 3 is 2.20 bits per heavy atom. The second-order valence-corrected chi connectivity index (χ2v) is 9.94. The van der Waals surface area contributed by atoms with E-state index in [0.717, 1.165) is 40.9 Å². The maximum Gasteiger partial charge on any atom is 0.254 e. The van der Waals surface area contributed by atoms with E-state index in [0.29, 0.717) is 0 Å². The van der Waals surface area contributed by atoms with Crippen LogP contribution in [0.2, 0.25) is 0 Å². The molecule has 2 heterocycles. The lowest BCUT2D eigenvalue weighted by molar-refractivity contribution is -0.140. The van der Waals surface area contributed by atoms with Crippen molar-refractivity contribution in [2.75, 3.05) is 0 Å². The molecule has 2 bridgehead atoms. The minimum atomic E-state index is -0.240. The van der Waals surface area contributed by atoms with Crippen LogP contribution in [0.5, 0.6) is 0 Å². The molecule has 1 saturated heterocycles. The fraction of sp³-hybridized carbons (Fsp3) is 0.233. The average Bonchev–Trinajstić information content (AvgIpc) is 3.39. The summed E-state index contributed by atoms with van der Waals surface area (Å²) in [6, 6.07) is 23.0. The van der Waals surface area contributed by atoms with Crippen molar-refractivity contribution in [3.8, 4) is 0 Å². The Balaban J connectivity index is 1.23. The molecule has 0 radical (unpaired) electrons. The number of nitrogens with zero attached hydrogens (tertiary/aromatic N) is 3. The number of carbonyl (C=O) groups excluding carboxylic acids is 2. The highest BCUT2D eigenvalue weighted by Crippen LogP contribution is 2.49. The third kappa shape index (κ3) is 3.11.